The summed E-state index contributed by atoms with van der Waals surface area (Å²) in [6, 6.07) is 0.380. The molecular weight excluding hydrogens is 204 g/mol. The van der Waals surface area contributed by atoms with Crippen molar-refractivity contribution >= 4 is 0 Å². The molecule has 2 heterocycles. The van der Waals surface area contributed by atoms with Crippen molar-refractivity contribution in [3.63, 3.8) is 0 Å². The topological polar surface area (TPSA) is 56.3 Å². The number of aromatic nitrogens is 2. The summed E-state index contributed by atoms with van der Waals surface area (Å²) in [7, 11) is 1.95. The lowest BCUT2D eigenvalue weighted by Gasteiger charge is -2.34. The summed E-state index contributed by atoms with van der Waals surface area (Å²) in [5.41, 5.74) is 7.01. The standard InChI is InChI=1S/C11H20N4O/c1-14-8-10(7-13-14)2-3-15-4-5-16-9-11(15)6-12/h7-8,11H,2-6,9,12H2,1H3. The first-order valence-electron chi connectivity index (χ1n) is 5.79. The van der Waals surface area contributed by atoms with Gasteiger partial charge in [-0.2, -0.15) is 5.10 Å². The molecule has 2 N–H and O–H groups in total. The smallest absolute Gasteiger partial charge is 0.0634 e. The molecule has 1 fully saturated rings. The highest BCUT2D eigenvalue weighted by Crippen LogP contribution is 2.07. The number of nitrogens with two attached hydrogens (primary N) is 1. The maximum absolute atomic E-state index is 5.73. The maximum atomic E-state index is 5.73. The van der Waals surface area contributed by atoms with Crippen molar-refractivity contribution < 1.29 is 4.74 Å². The quantitative estimate of drug-likeness (QED) is 0.757. The lowest BCUT2D eigenvalue weighted by atomic mass is 10.2. The highest BCUT2D eigenvalue weighted by atomic mass is 16.5. The fourth-order valence-electron chi connectivity index (χ4n) is 2.07. The maximum Gasteiger partial charge on any atom is 0.0634 e. The molecule has 90 valence electrons. The molecule has 0 amide bonds. The van der Waals surface area contributed by atoms with E-state index in [1.807, 2.05) is 17.9 Å². The fraction of sp³-hybridized carbons (Fsp3) is 0.727. The molecule has 2 rings (SSSR count). The molecule has 1 aliphatic heterocycles. The van der Waals surface area contributed by atoms with Gasteiger partial charge in [-0.05, 0) is 12.0 Å². The van der Waals surface area contributed by atoms with Crippen LogP contribution in [-0.4, -0.2) is 53.6 Å². The van der Waals surface area contributed by atoms with Crippen LogP contribution in [0.4, 0.5) is 0 Å². The minimum Gasteiger partial charge on any atom is -0.378 e. The Bertz CT molecular complexity index is 326. The average Bonchev–Trinajstić information content (AvgIpc) is 2.73. The van der Waals surface area contributed by atoms with E-state index in [1.54, 1.807) is 0 Å². The van der Waals surface area contributed by atoms with E-state index in [0.717, 1.165) is 32.7 Å². The summed E-state index contributed by atoms with van der Waals surface area (Å²) in [4.78, 5) is 2.41. The Labute approximate surface area is 96.2 Å². The Morgan fingerprint density at radius 1 is 1.62 bits per heavy atom. The zero-order chi connectivity index (χ0) is 11.4. The molecule has 5 nitrogen and oxygen atoms in total. The first-order valence-corrected chi connectivity index (χ1v) is 5.79. The van der Waals surface area contributed by atoms with Crippen molar-refractivity contribution in [3.05, 3.63) is 18.0 Å². The third kappa shape index (κ3) is 2.81. The number of rotatable bonds is 4. The third-order valence-corrected chi connectivity index (χ3v) is 3.07. The minimum absolute atomic E-state index is 0.380. The van der Waals surface area contributed by atoms with E-state index in [2.05, 4.69) is 16.2 Å². The monoisotopic (exact) mass is 224 g/mol. The Kier molecular flexibility index (Phi) is 3.93. The summed E-state index contributed by atoms with van der Waals surface area (Å²) in [6.07, 6.45) is 5.03. The van der Waals surface area contributed by atoms with Gasteiger partial charge in [0.25, 0.3) is 0 Å². The van der Waals surface area contributed by atoms with Crippen LogP contribution in [0.1, 0.15) is 5.56 Å². The van der Waals surface area contributed by atoms with Crippen molar-refractivity contribution in [2.75, 3.05) is 32.8 Å². The van der Waals surface area contributed by atoms with Crippen molar-refractivity contribution in [3.8, 4) is 0 Å². The van der Waals surface area contributed by atoms with Gasteiger partial charge >= 0.3 is 0 Å². The van der Waals surface area contributed by atoms with Crippen molar-refractivity contribution in [2.24, 2.45) is 12.8 Å². The van der Waals surface area contributed by atoms with Gasteiger partial charge in [0.05, 0.1) is 19.4 Å². The van der Waals surface area contributed by atoms with Crippen molar-refractivity contribution in [1.29, 1.82) is 0 Å². The van der Waals surface area contributed by atoms with Crippen LogP contribution in [0.25, 0.3) is 0 Å². The van der Waals surface area contributed by atoms with Gasteiger partial charge in [0.15, 0.2) is 0 Å². The Morgan fingerprint density at radius 3 is 3.19 bits per heavy atom. The first kappa shape index (κ1) is 11.6. The lowest BCUT2D eigenvalue weighted by Crippen LogP contribution is -2.49. The summed E-state index contributed by atoms with van der Waals surface area (Å²) >= 11 is 0. The molecule has 0 saturated carbocycles. The molecule has 0 bridgehead atoms. The number of aryl methyl sites for hydroxylation is 1. The molecule has 16 heavy (non-hydrogen) atoms. The second-order valence-corrected chi connectivity index (χ2v) is 4.27. The average molecular weight is 224 g/mol. The van der Waals surface area contributed by atoms with Crippen LogP contribution < -0.4 is 5.73 Å². The SMILES string of the molecule is Cn1cc(CCN2CCOCC2CN)cn1. The molecule has 1 aromatic rings. The predicted molar refractivity (Wildman–Crippen MR) is 62.1 cm³/mol. The van der Waals surface area contributed by atoms with Crippen molar-refractivity contribution in [1.82, 2.24) is 14.7 Å². The van der Waals surface area contributed by atoms with Crippen LogP contribution in [0.15, 0.2) is 12.4 Å². The molecule has 0 aliphatic carbocycles. The van der Waals surface area contributed by atoms with Gasteiger partial charge in [-0.15, -0.1) is 0 Å². The van der Waals surface area contributed by atoms with E-state index in [4.69, 9.17) is 10.5 Å². The highest BCUT2D eigenvalue weighted by molar-refractivity contribution is 5.04. The van der Waals surface area contributed by atoms with Crippen LogP contribution in [0.5, 0.6) is 0 Å². The van der Waals surface area contributed by atoms with Crippen LogP contribution in [0.2, 0.25) is 0 Å². The summed E-state index contributed by atoms with van der Waals surface area (Å²) in [6.45, 7) is 4.29. The second kappa shape index (κ2) is 5.43. The van der Waals surface area contributed by atoms with Gasteiger partial charge in [-0.3, -0.25) is 9.58 Å². The van der Waals surface area contributed by atoms with E-state index in [9.17, 15) is 0 Å². The summed E-state index contributed by atoms with van der Waals surface area (Å²) in [5.74, 6) is 0. The van der Waals surface area contributed by atoms with Crippen LogP contribution in [0.3, 0.4) is 0 Å². The molecule has 5 heteroatoms. The summed E-state index contributed by atoms with van der Waals surface area (Å²) < 4.78 is 7.26. The Morgan fingerprint density at radius 2 is 2.50 bits per heavy atom. The van der Waals surface area contributed by atoms with Crippen LogP contribution in [0, 0.1) is 0 Å². The van der Waals surface area contributed by atoms with Crippen LogP contribution >= 0.6 is 0 Å². The van der Waals surface area contributed by atoms with Gasteiger partial charge in [0.1, 0.15) is 0 Å². The van der Waals surface area contributed by atoms with Crippen LogP contribution in [-0.2, 0) is 18.2 Å². The van der Waals surface area contributed by atoms with E-state index in [-0.39, 0.29) is 0 Å². The first-order chi connectivity index (χ1) is 7.79. The number of hydrogen-bond acceptors (Lipinski definition) is 4. The highest BCUT2D eigenvalue weighted by Gasteiger charge is 2.21. The van der Waals surface area contributed by atoms with E-state index in [0.29, 0.717) is 12.6 Å². The van der Waals surface area contributed by atoms with Crippen molar-refractivity contribution in [2.45, 2.75) is 12.5 Å². The molecule has 0 radical (unpaired) electrons. The van der Waals surface area contributed by atoms with E-state index in [1.165, 1.54) is 5.56 Å². The molecule has 1 aliphatic rings. The van der Waals surface area contributed by atoms with Gasteiger partial charge in [-0.1, -0.05) is 0 Å². The summed E-state index contributed by atoms with van der Waals surface area (Å²) in [5, 5.41) is 4.17. The van der Waals surface area contributed by atoms with Gasteiger partial charge in [0.2, 0.25) is 0 Å². The van der Waals surface area contributed by atoms with E-state index < -0.39 is 0 Å². The molecular formula is C11H20N4O. The fourth-order valence-corrected chi connectivity index (χ4v) is 2.07. The number of ether oxygens (including phenoxy) is 1. The van der Waals surface area contributed by atoms with E-state index >= 15 is 0 Å². The normalized spacial score (nSPS) is 22.5. The van der Waals surface area contributed by atoms with Gasteiger partial charge < -0.3 is 10.5 Å². The number of nitrogens with zero attached hydrogens (tertiary/aromatic N) is 3. The predicted octanol–water partition coefficient (Wildman–Crippen LogP) is -0.378. The number of hydrogen-bond donors (Lipinski definition) is 1. The molecule has 1 unspecified atom stereocenters. The zero-order valence-corrected chi connectivity index (χ0v) is 9.80. The van der Waals surface area contributed by atoms with Gasteiger partial charge in [-0.25, -0.2) is 0 Å². The Hall–Kier alpha value is -0.910. The number of morpholine rings is 1. The van der Waals surface area contributed by atoms with Gasteiger partial charge in [0, 0.05) is 38.9 Å². The third-order valence-electron chi connectivity index (χ3n) is 3.07. The largest absolute Gasteiger partial charge is 0.378 e. The molecule has 1 saturated heterocycles. The molecule has 1 atom stereocenters. The lowest BCUT2D eigenvalue weighted by molar-refractivity contribution is -0.00319. The minimum atomic E-state index is 0.380. The molecule has 0 spiro atoms. The molecule has 0 aromatic carbocycles. The Balaban J connectivity index is 1.84. The second-order valence-electron chi connectivity index (χ2n) is 4.27. The molecule has 1 aromatic heterocycles. The zero-order valence-electron chi connectivity index (χ0n) is 9.80.